The van der Waals surface area contributed by atoms with Gasteiger partial charge in [0.2, 0.25) is 5.91 Å². The van der Waals surface area contributed by atoms with Crippen LogP contribution in [-0.2, 0) is 22.1 Å². The van der Waals surface area contributed by atoms with Crippen LogP contribution >= 0.6 is 0 Å². The zero-order valence-corrected chi connectivity index (χ0v) is 19.1. The minimum Gasteiger partial charge on any atom is -0.496 e. The first-order valence-corrected chi connectivity index (χ1v) is 10.5. The van der Waals surface area contributed by atoms with Gasteiger partial charge in [-0.15, -0.1) is 0 Å². The lowest BCUT2D eigenvalue weighted by molar-refractivity contribution is -0.143. The molecule has 11 heteroatoms. The predicted octanol–water partition coefficient (Wildman–Crippen LogP) is 4.46. The average Bonchev–Trinajstić information content (AvgIpc) is 3.26. The summed E-state index contributed by atoms with van der Waals surface area (Å²) in [6.07, 6.45) is -4.15. The van der Waals surface area contributed by atoms with Crippen LogP contribution < -0.4 is 10.1 Å². The van der Waals surface area contributed by atoms with Crippen molar-refractivity contribution in [1.29, 1.82) is 0 Å². The summed E-state index contributed by atoms with van der Waals surface area (Å²) in [4.78, 5) is 36.1. The number of hydrogen-bond donors (Lipinski definition) is 1. The fourth-order valence-corrected chi connectivity index (χ4v) is 3.38. The lowest BCUT2D eigenvalue weighted by Gasteiger charge is -2.13. The van der Waals surface area contributed by atoms with Crippen molar-refractivity contribution in [3.8, 4) is 11.4 Å². The molecule has 1 aromatic heterocycles. The second-order valence-corrected chi connectivity index (χ2v) is 7.39. The first kappa shape index (κ1) is 25.5. The Kier molecular flexibility index (Phi) is 7.58. The molecule has 8 nitrogen and oxygen atoms in total. The van der Waals surface area contributed by atoms with E-state index in [1.165, 1.54) is 45.2 Å². The Balaban J connectivity index is 1.81. The molecule has 0 fully saturated rings. The third-order valence-corrected chi connectivity index (χ3v) is 4.97. The largest absolute Gasteiger partial charge is 0.496 e. The van der Waals surface area contributed by atoms with Gasteiger partial charge >= 0.3 is 12.1 Å². The number of rotatable bonds is 8. The van der Waals surface area contributed by atoms with Gasteiger partial charge in [0.1, 0.15) is 11.3 Å². The molecule has 2 aromatic carbocycles. The molecule has 3 aromatic rings. The number of hydrogen-bond acceptors (Lipinski definition) is 6. The Hall–Kier alpha value is -4.15. The summed E-state index contributed by atoms with van der Waals surface area (Å²) in [5.74, 6) is -1.26. The van der Waals surface area contributed by atoms with E-state index in [2.05, 4.69) is 10.4 Å². The summed E-state index contributed by atoms with van der Waals surface area (Å²) in [5.41, 5.74) is -0.663. The highest BCUT2D eigenvalue weighted by Gasteiger charge is 2.41. The highest BCUT2D eigenvalue weighted by atomic mass is 19.4. The monoisotopic (exact) mass is 489 g/mol. The number of halogens is 3. The van der Waals surface area contributed by atoms with Gasteiger partial charge in [-0.2, -0.15) is 18.3 Å². The van der Waals surface area contributed by atoms with E-state index in [9.17, 15) is 27.6 Å². The predicted molar refractivity (Wildman–Crippen MR) is 120 cm³/mol. The maximum Gasteiger partial charge on any atom is 0.434 e. The third-order valence-electron chi connectivity index (χ3n) is 4.97. The Labute approximate surface area is 198 Å². The molecule has 184 valence electrons. The summed E-state index contributed by atoms with van der Waals surface area (Å²) in [7, 11) is 1.45. The van der Waals surface area contributed by atoms with Crippen LogP contribution in [0.4, 0.5) is 18.9 Å². The van der Waals surface area contributed by atoms with Crippen molar-refractivity contribution in [2.24, 2.45) is 0 Å². The molecule has 0 aliphatic rings. The molecule has 0 bridgehead atoms. The minimum atomic E-state index is -4.86. The molecule has 1 N–H and O–H groups in total. The molecule has 1 heterocycles. The lowest BCUT2D eigenvalue weighted by Crippen LogP contribution is -2.18. The third kappa shape index (κ3) is 5.86. The molecule has 3 rings (SSSR count). The molecule has 0 aliphatic heterocycles. The van der Waals surface area contributed by atoms with E-state index in [4.69, 9.17) is 9.47 Å². The van der Waals surface area contributed by atoms with Gasteiger partial charge in [-0.05, 0) is 56.3 Å². The first-order valence-electron chi connectivity index (χ1n) is 10.5. The maximum atomic E-state index is 13.7. The second kappa shape index (κ2) is 10.4. The Morgan fingerprint density at radius 1 is 1.09 bits per heavy atom. The number of nitrogens with one attached hydrogen (secondary N) is 1. The summed E-state index contributed by atoms with van der Waals surface area (Å²) < 4.78 is 51.5. The number of benzene rings is 2. The molecular formula is C24H22F3N3O5. The molecule has 35 heavy (non-hydrogen) atoms. The van der Waals surface area contributed by atoms with Crippen molar-refractivity contribution < 1.29 is 37.0 Å². The summed E-state index contributed by atoms with van der Waals surface area (Å²) in [6, 6.07) is 10.2. The second-order valence-electron chi connectivity index (χ2n) is 7.39. The standard InChI is InChI=1S/C24H22F3N3O5/c1-4-35-23(33)19-13-28-30(22(19)24(25,26)27)18-8-6-17(7-9-18)29-21(32)12-16-11-15(14(2)31)5-10-20(16)34-3/h5-11,13H,4,12H2,1-3H3,(H,29,32). The highest BCUT2D eigenvalue weighted by Crippen LogP contribution is 2.34. The number of carbonyl (C=O) groups excluding carboxylic acids is 3. The molecule has 0 unspecified atom stereocenters. The summed E-state index contributed by atoms with van der Waals surface area (Å²) >= 11 is 0. The van der Waals surface area contributed by atoms with Crippen LogP contribution in [0, 0.1) is 0 Å². The molecule has 1 amide bonds. The fourth-order valence-electron chi connectivity index (χ4n) is 3.38. The van der Waals surface area contributed by atoms with E-state index in [1.807, 2.05) is 0 Å². The van der Waals surface area contributed by atoms with E-state index in [-0.39, 0.29) is 24.5 Å². The van der Waals surface area contributed by atoms with Crippen LogP contribution in [0.25, 0.3) is 5.69 Å². The van der Waals surface area contributed by atoms with Crippen LogP contribution in [-0.4, -0.2) is 41.2 Å². The number of Topliss-reactive ketones (excluding diaryl/α,β-unsaturated/α-hetero) is 1. The Bertz CT molecular complexity index is 1250. The van der Waals surface area contributed by atoms with Crippen molar-refractivity contribution in [3.63, 3.8) is 0 Å². The molecule has 0 spiro atoms. The normalized spacial score (nSPS) is 11.1. The molecule has 0 aliphatic carbocycles. The molecule has 0 saturated heterocycles. The number of ketones is 1. The van der Waals surface area contributed by atoms with Gasteiger partial charge in [0.15, 0.2) is 11.5 Å². The number of aromatic nitrogens is 2. The quantitative estimate of drug-likeness (QED) is 0.371. The van der Waals surface area contributed by atoms with Crippen molar-refractivity contribution in [2.45, 2.75) is 26.4 Å². The van der Waals surface area contributed by atoms with Crippen LogP contribution in [0.3, 0.4) is 0 Å². The molecule has 0 saturated carbocycles. The van der Waals surface area contributed by atoms with Gasteiger partial charge in [-0.3, -0.25) is 9.59 Å². The van der Waals surface area contributed by atoms with Crippen LogP contribution in [0.1, 0.15) is 45.8 Å². The van der Waals surface area contributed by atoms with Crippen molar-refractivity contribution in [2.75, 3.05) is 19.0 Å². The van der Waals surface area contributed by atoms with E-state index in [1.54, 1.807) is 18.2 Å². The smallest absolute Gasteiger partial charge is 0.434 e. The molecular weight excluding hydrogens is 467 g/mol. The van der Waals surface area contributed by atoms with Gasteiger partial charge in [0.05, 0.1) is 32.0 Å². The number of esters is 1. The number of anilines is 1. The van der Waals surface area contributed by atoms with Crippen LogP contribution in [0.2, 0.25) is 0 Å². The lowest BCUT2D eigenvalue weighted by atomic mass is 10.0. The van der Waals surface area contributed by atoms with Crippen LogP contribution in [0.15, 0.2) is 48.7 Å². The SMILES string of the molecule is CCOC(=O)c1cnn(-c2ccc(NC(=O)Cc3cc(C(C)=O)ccc3OC)cc2)c1C(F)(F)F. The Morgan fingerprint density at radius 3 is 2.34 bits per heavy atom. The fraction of sp³-hybridized carbons (Fsp3) is 0.250. The Morgan fingerprint density at radius 2 is 1.77 bits per heavy atom. The molecule has 0 radical (unpaired) electrons. The van der Waals surface area contributed by atoms with Gasteiger partial charge in [-0.1, -0.05) is 0 Å². The van der Waals surface area contributed by atoms with Gasteiger partial charge in [0, 0.05) is 16.8 Å². The maximum absolute atomic E-state index is 13.7. The van der Waals surface area contributed by atoms with E-state index < -0.39 is 29.3 Å². The van der Waals surface area contributed by atoms with Crippen molar-refractivity contribution >= 4 is 23.3 Å². The highest BCUT2D eigenvalue weighted by molar-refractivity contribution is 5.96. The van der Waals surface area contributed by atoms with Gasteiger partial charge in [0.25, 0.3) is 0 Å². The zero-order valence-electron chi connectivity index (χ0n) is 19.1. The zero-order chi connectivity index (χ0) is 25.8. The number of alkyl halides is 3. The number of carbonyl (C=O) groups is 3. The van der Waals surface area contributed by atoms with Gasteiger partial charge < -0.3 is 14.8 Å². The topological polar surface area (TPSA) is 99.5 Å². The van der Waals surface area contributed by atoms with Crippen LogP contribution in [0.5, 0.6) is 5.75 Å². The average molecular weight is 489 g/mol. The van der Waals surface area contributed by atoms with E-state index >= 15 is 0 Å². The number of ether oxygens (including phenoxy) is 2. The first-order chi connectivity index (χ1) is 16.5. The van der Waals surface area contributed by atoms with Gasteiger partial charge in [-0.25, -0.2) is 9.48 Å². The van der Waals surface area contributed by atoms with Crippen molar-refractivity contribution in [1.82, 2.24) is 9.78 Å². The molecule has 0 atom stereocenters. The van der Waals surface area contributed by atoms with E-state index in [0.29, 0.717) is 27.2 Å². The number of methoxy groups -OCH3 is 1. The number of nitrogens with zero attached hydrogens (tertiary/aromatic N) is 2. The minimum absolute atomic E-state index is 0.0294. The summed E-state index contributed by atoms with van der Waals surface area (Å²) in [5, 5.41) is 6.36. The number of amides is 1. The summed E-state index contributed by atoms with van der Waals surface area (Å²) in [6.45, 7) is 2.81. The van der Waals surface area contributed by atoms with E-state index in [0.717, 1.165) is 6.20 Å². The van der Waals surface area contributed by atoms with Crippen molar-refractivity contribution in [3.05, 3.63) is 71.0 Å².